The van der Waals surface area contributed by atoms with E-state index in [2.05, 4.69) is 179 Å². The van der Waals surface area contributed by atoms with Crippen molar-refractivity contribution in [3.05, 3.63) is 194 Å². The minimum atomic E-state index is 0.887. The molecule has 0 saturated heterocycles. The van der Waals surface area contributed by atoms with Gasteiger partial charge in [0.1, 0.15) is 22.3 Å². The Bertz CT molecular complexity index is 3540. The van der Waals surface area contributed by atoms with Crippen LogP contribution in [0.3, 0.4) is 0 Å². The van der Waals surface area contributed by atoms with Gasteiger partial charge in [-0.05, 0) is 107 Å². The van der Waals surface area contributed by atoms with Gasteiger partial charge in [-0.2, -0.15) is 0 Å². The molecule has 4 heteroatoms. The molecule has 4 heterocycles. The van der Waals surface area contributed by atoms with Gasteiger partial charge in [0.25, 0.3) is 0 Å². The zero-order valence-electron chi connectivity index (χ0n) is 31.2. The van der Waals surface area contributed by atoms with Gasteiger partial charge in [-0.1, -0.05) is 109 Å². The minimum Gasteiger partial charge on any atom is -0.456 e. The Morgan fingerprint density at radius 3 is 1.10 bits per heavy atom. The van der Waals surface area contributed by atoms with Gasteiger partial charge in [-0.25, -0.2) is 0 Å². The van der Waals surface area contributed by atoms with Gasteiger partial charge in [0.05, 0.1) is 22.1 Å². The molecule has 0 radical (unpaired) electrons. The number of aromatic nitrogens is 2. The first kappa shape index (κ1) is 31.4. The fourth-order valence-corrected chi connectivity index (χ4v) is 9.41. The van der Waals surface area contributed by atoms with Gasteiger partial charge < -0.3 is 18.0 Å². The van der Waals surface area contributed by atoms with Crippen LogP contribution in [0, 0.1) is 0 Å². The predicted octanol–water partition coefficient (Wildman–Crippen LogP) is 15.0. The summed E-state index contributed by atoms with van der Waals surface area (Å²) < 4.78 is 17.5. The molecule has 270 valence electrons. The van der Waals surface area contributed by atoms with Crippen LogP contribution in [0.25, 0.3) is 121 Å². The second-order valence-corrected chi connectivity index (χ2v) is 15.3. The maximum atomic E-state index is 6.29. The number of furan rings is 2. The van der Waals surface area contributed by atoms with Gasteiger partial charge in [0.2, 0.25) is 0 Å². The number of benzene rings is 9. The van der Waals surface area contributed by atoms with Crippen molar-refractivity contribution >= 4 is 87.5 Å². The summed E-state index contributed by atoms with van der Waals surface area (Å²) in [4.78, 5) is 0. The Morgan fingerprint density at radius 2 is 0.638 bits per heavy atom. The second kappa shape index (κ2) is 11.8. The highest BCUT2D eigenvalue weighted by atomic mass is 16.3. The zero-order chi connectivity index (χ0) is 37.9. The van der Waals surface area contributed by atoms with Crippen LogP contribution >= 0.6 is 0 Å². The van der Waals surface area contributed by atoms with Crippen molar-refractivity contribution in [3.8, 4) is 33.6 Å². The Labute approximate surface area is 332 Å². The average molecular weight is 741 g/mol. The first-order valence-electron chi connectivity index (χ1n) is 19.7. The third kappa shape index (κ3) is 4.51. The summed E-state index contributed by atoms with van der Waals surface area (Å²) in [5, 5.41) is 9.24. The van der Waals surface area contributed by atoms with E-state index in [0.29, 0.717) is 0 Å². The van der Waals surface area contributed by atoms with Gasteiger partial charge in [-0.15, -0.1) is 0 Å². The number of hydrogen-bond acceptors (Lipinski definition) is 2. The molecule has 0 bridgehead atoms. The van der Waals surface area contributed by atoms with Crippen molar-refractivity contribution in [2.75, 3.05) is 0 Å². The maximum Gasteiger partial charge on any atom is 0.135 e. The normalized spacial score (nSPS) is 12.1. The van der Waals surface area contributed by atoms with E-state index >= 15 is 0 Å². The third-order valence-electron chi connectivity index (χ3n) is 12.1. The van der Waals surface area contributed by atoms with E-state index in [1.54, 1.807) is 0 Å². The molecule has 58 heavy (non-hydrogen) atoms. The largest absolute Gasteiger partial charge is 0.456 e. The smallest absolute Gasteiger partial charge is 0.135 e. The molecule has 0 amide bonds. The molecule has 0 aliphatic carbocycles. The zero-order valence-corrected chi connectivity index (χ0v) is 31.2. The quantitative estimate of drug-likeness (QED) is 0.180. The molecule has 13 aromatic rings. The second-order valence-electron chi connectivity index (χ2n) is 15.3. The number of para-hydroxylation sites is 2. The summed E-state index contributed by atoms with van der Waals surface area (Å²) in [6, 6.07) is 69.8. The van der Waals surface area contributed by atoms with Gasteiger partial charge in [-0.3, -0.25) is 0 Å². The standard InChI is InChI=1S/C54H32N2O2/c1-3-11-33(12-4-1)35-19-23-47-41(27-35)43-31-50-44(32-49(43)55(47)37-21-25-53-45(29-37)39-15-7-9-17-51(39)57-53)42-28-36(34-13-5-2-6-14-34)20-24-48(42)56(50)38-22-26-54-46(30-38)40-16-8-10-18-52(40)58-54/h1-32H. The molecule has 0 unspecified atom stereocenters. The van der Waals surface area contributed by atoms with Crippen LogP contribution in [0.5, 0.6) is 0 Å². The highest BCUT2D eigenvalue weighted by Gasteiger charge is 2.21. The molecular weight excluding hydrogens is 709 g/mol. The summed E-state index contributed by atoms with van der Waals surface area (Å²) in [5.41, 5.74) is 15.1. The summed E-state index contributed by atoms with van der Waals surface area (Å²) in [6.07, 6.45) is 0. The fraction of sp³-hybridized carbons (Fsp3) is 0. The van der Waals surface area contributed by atoms with Crippen molar-refractivity contribution in [2.24, 2.45) is 0 Å². The lowest BCUT2D eigenvalue weighted by Crippen LogP contribution is -1.95. The van der Waals surface area contributed by atoms with E-state index < -0.39 is 0 Å². The van der Waals surface area contributed by atoms with E-state index in [4.69, 9.17) is 8.83 Å². The van der Waals surface area contributed by atoms with E-state index in [-0.39, 0.29) is 0 Å². The van der Waals surface area contributed by atoms with E-state index in [1.807, 2.05) is 24.3 Å². The van der Waals surface area contributed by atoms with Crippen LogP contribution in [-0.2, 0) is 0 Å². The lowest BCUT2D eigenvalue weighted by molar-refractivity contribution is 0.668. The van der Waals surface area contributed by atoms with Crippen LogP contribution in [0.15, 0.2) is 203 Å². The Kier molecular flexibility index (Phi) is 6.41. The summed E-state index contributed by atoms with van der Waals surface area (Å²) in [5.74, 6) is 0. The van der Waals surface area contributed by atoms with E-state index in [9.17, 15) is 0 Å². The molecule has 13 rings (SSSR count). The number of rotatable bonds is 4. The SMILES string of the molecule is c1ccc(-c2ccc3c(c2)c2cc4c(cc2n3-c2ccc3oc5ccccc5c3c2)c2cc(-c3ccccc3)ccc2n4-c2ccc3oc4ccccc4c3c2)cc1. The molecule has 0 atom stereocenters. The highest BCUT2D eigenvalue weighted by Crippen LogP contribution is 2.43. The summed E-state index contributed by atoms with van der Waals surface area (Å²) >= 11 is 0. The molecule has 0 aliphatic rings. The monoisotopic (exact) mass is 740 g/mol. The molecular formula is C54H32N2O2. The highest BCUT2D eigenvalue weighted by molar-refractivity contribution is 6.20. The van der Waals surface area contributed by atoms with Gasteiger partial charge in [0, 0.05) is 54.5 Å². The van der Waals surface area contributed by atoms with Crippen molar-refractivity contribution < 1.29 is 8.83 Å². The molecule has 0 aliphatic heterocycles. The van der Waals surface area contributed by atoms with Crippen LogP contribution in [0.1, 0.15) is 0 Å². The maximum absolute atomic E-state index is 6.29. The third-order valence-corrected chi connectivity index (χ3v) is 12.1. The van der Waals surface area contributed by atoms with E-state index in [0.717, 1.165) is 77.3 Å². The Balaban J connectivity index is 1.16. The van der Waals surface area contributed by atoms with Crippen LogP contribution in [0.2, 0.25) is 0 Å². The van der Waals surface area contributed by atoms with Crippen LogP contribution in [-0.4, -0.2) is 9.13 Å². The minimum absolute atomic E-state index is 0.887. The molecule has 0 N–H and O–H groups in total. The molecule has 4 aromatic heterocycles. The molecule has 0 fully saturated rings. The number of nitrogens with zero attached hydrogens (tertiary/aromatic N) is 2. The topological polar surface area (TPSA) is 36.1 Å². The lowest BCUT2D eigenvalue weighted by Gasteiger charge is -2.10. The fourth-order valence-electron chi connectivity index (χ4n) is 9.41. The lowest BCUT2D eigenvalue weighted by atomic mass is 10.0. The Hall–Kier alpha value is -7.82. The first-order chi connectivity index (χ1) is 28.7. The average Bonchev–Trinajstić information content (AvgIpc) is 4.03. The molecule has 0 saturated carbocycles. The Morgan fingerprint density at radius 1 is 0.241 bits per heavy atom. The summed E-state index contributed by atoms with van der Waals surface area (Å²) in [7, 11) is 0. The van der Waals surface area contributed by atoms with Crippen LogP contribution < -0.4 is 0 Å². The summed E-state index contributed by atoms with van der Waals surface area (Å²) in [6.45, 7) is 0. The first-order valence-corrected chi connectivity index (χ1v) is 19.7. The van der Waals surface area contributed by atoms with Crippen molar-refractivity contribution in [2.45, 2.75) is 0 Å². The van der Waals surface area contributed by atoms with Gasteiger partial charge in [0.15, 0.2) is 0 Å². The molecule has 9 aromatic carbocycles. The molecule has 0 spiro atoms. The van der Waals surface area contributed by atoms with Crippen molar-refractivity contribution in [1.29, 1.82) is 0 Å². The molecule has 4 nitrogen and oxygen atoms in total. The van der Waals surface area contributed by atoms with Crippen molar-refractivity contribution in [1.82, 2.24) is 9.13 Å². The number of hydrogen-bond donors (Lipinski definition) is 0. The van der Waals surface area contributed by atoms with Crippen LogP contribution in [0.4, 0.5) is 0 Å². The van der Waals surface area contributed by atoms with Gasteiger partial charge >= 0.3 is 0 Å². The van der Waals surface area contributed by atoms with E-state index in [1.165, 1.54) is 43.8 Å². The van der Waals surface area contributed by atoms with Crippen molar-refractivity contribution in [3.63, 3.8) is 0 Å². The number of fused-ring (bicyclic) bond motifs is 12. The predicted molar refractivity (Wildman–Crippen MR) is 241 cm³/mol.